The molecule has 1 aliphatic carbocycles. The van der Waals surface area contributed by atoms with Gasteiger partial charge in [-0.3, -0.25) is 14.7 Å². The van der Waals surface area contributed by atoms with Crippen LogP contribution in [-0.4, -0.2) is 57.8 Å². The van der Waals surface area contributed by atoms with Crippen LogP contribution in [0.4, 0.5) is 13.2 Å². The molecule has 0 bridgehead atoms. The summed E-state index contributed by atoms with van der Waals surface area (Å²) in [6.45, 7) is 5.35. The molecule has 0 saturated carbocycles. The van der Waals surface area contributed by atoms with Gasteiger partial charge >= 0.3 is 6.18 Å². The summed E-state index contributed by atoms with van der Waals surface area (Å²) < 4.78 is 45.5. The maximum Gasteiger partial charge on any atom is 0.416 e. The van der Waals surface area contributed by atoms with E-state index >= 15 is 0 Å². The number of pyridine rings is 1. The summed E-state index contributed by atoms with van der Waals surface area (Å²) in [6, 6.07) is 9.19. The van der Waals surface area contributed by atoms with Crippen LogP contribution in [0.3, 0.4) is 0 Å². The monoisotopic (exact) mass is 510 g/mol. The number of halogens is 3. The van der Waals surface area contributed by atoms with Crippen molar-refractivity contribution in [3.8, 4) is 5.69 Å². The highest BCUT2D eigenvalue weighted by molar-refractivity contribution is 5.98. The molecule has 194 valence electrons. The molecular formula is C28H29F3N4O2. The number of benzene rings is 1. The number of morpholine rings is 1. The number of alkyl halides is 3. The zero-order valence-corrected chi connectivity index (χ0v) is 20.7. The fraction of sp³-hybridized carbons (Fsp3) is 0.393. The molecular weight excluding hydrogens is 481 g/mol. The lowest BCUT2D eigenvalue weighted by atomic mass is 9.91. The van der Waals surface area contributed by atoms with Gasteiger partial charge in [0.15, 0.2) is 5.78 Å². The zero-order chi connectivity index (χ0) is 26.0. The molecule has 2 aromatic heterocycles. The lowest BCUT2D eigenvalue weighted by Crippen LogP contribution is -2.43. The van der Waals surface area contributed by atoms with Crippen LogP contribution in [0, 0.1) is 6.92 Å². The number of carbonyl (C=O) groups is 1. The van der Waals surface area contributed by atoms with Gasteiger partial charge in [0, 0.05) is 31.7 Å². The van der Waals surface area contributed by atoms with Crippen LogP contribution in [0.1, 0.15) is 52.1 Å². The molecule has 5 rings (SSSR count). The summed E-state index contributed by atoms with van der Waals surface area (Å²) in [5.74, 6) is -0.115. The Morgan fingerprint density at radius 3 is 2.46 bits per heavy atom. The van der Waals surface area contributed by atoms with Crippen molar-refractivity contribution < 1.29 is 22.7 Å². The molecule has 1 atom stereocenters. The van der Waals surface area contributed by atoms with Crippen LogP contribution >= 0.6 is 0 Å². The fourth-order valence-corrected chi connectivity index (χ4v) is 5.06. The van der Waals surface area contributed by atoms with E-state index in [2.05, 4.69) is 21.1 Å². The van der Waals surface area contributed by atoms with Gasteiger partial charge in [0.1, 0.15) is 0 Å². The minimum atomic E-state index is -4.40. The number of ether oxygens (including phenoxy) is 1. The van der Waals surface area contributed by atoms with Gasteiger partial charge in [-0.15, -0.1) is 0 Å². The van der Waals surface area contributed by atoms with Crippen molar-refractivity contribution in [3.05, 3.63) is 82.9 Å². The highest BCUT2D eigenvalue weighted by Crippen LogP contribution is 2.30. The minimum absolute atomic E-state index is 0.115. The van der Waals surface area contributed by atoms with Gasteiger partial charge in [-0.2, -0.15) is 18.3 Å². The molecule has 1 unspecified atom stereocenters. The first-order valence-electron chi connectivity index (χ1n) is 12.5. The van der Waals surface area contributed by atoms with E-state index < -0.39 is 11.7 Å². The lowest BCUT2D eigenvalue weighted by molar-refractivity contribution is -0.137. The maximum absolute atomic E-state index is 13.0. The standard InChI is InChI=1S/C28H29F3N4O2/c1-19-25(18-33-35(19)24-9-5-22(6-10-24)28(29,30)31)27(36)16-20-2-11-26(32-17-20)21-3-7-23(8-4-21)34-12-14-37-15-13-34/h2-3,5-6,9-11,17-18,23H,4,7-8,12-16H2,1H3. The van der Waals surface area contributed by atoms with E-state index in [1.807, 2.05) is 12.1 Å². The SMILES string of the molecule is Cc1c(C(=O)Cc2ccc(C3=CCC(N4CCOCC4)CC3)nc2)cnn1-c1ccc(C(F)(F)F)cc1. The van der Waals surface area contributed by atoms with Crippen molar-refractivity contribution in [2.45, 2.75) is 44.8 Å². The third-order valence-corrected chi connectivity index (χ3v) is 7.21. The van der Waals surface area contributed by atoms with Gasteiger partial charge in [-0.1, -0.05) is 12.1 Å². The molecule has 37 heavy (non-hydrogen) atoms. The predicted molar refractivity (Wildman–Crippen MR) is 134 cm³/mol. The first kappa shape index (κ1) is 25.4. The zero-order valence-electron chi connectivity index (χ0n) is 20.7. The van der Waals surface area contributed by atoms with Crippen LogP contribution in [0.25, 0.3) is 11.3 Å². The van der Waals surface area contributed by atoms with E-state index in [1.165, 1.54) is 28.6 Å². The number of hydrogen-bond donors (Lipinski definition) is 0. The Morgan fingerprint density at radius 2 is 1.84 bits per heavy atom. The van der Waals surface area contributed by atoms with Crippen LogP contribution in [0.2, 0.25) is 0 Å². The number of nitrogens with zero attached hydrogens (tertiary/aromatic N) is 4. The van der Waals surface area contributed by atoms with Crippen molar-refractivity contribution in [2.24, 2.45) is 0 Å². The predicted octanol–water partition coefficient (Wildman–Crippen LogP) is 5.29. The van der Waals surface area contributed by atoms with Gasteiger partial charge in [-0.25, -0.2) is 4.68 Å². The van der Waals surface area contributed by atoms with Crippen LogP contribution in [0.15, 0.2) is 54.9 Å². The molecule has 1 fully saturated rings. The highest BCUT2D eigenvalue weighted by atomic mass is 19.4. The first-order valence-corrected chi connectivity index (χ1v) is 12.5. The smallest absolute Gasteiger partial charge is 0.379 e. The van der Waals surface area contributed by atoms with Crippen molar-refractivity contribution in [1.29, 1.82) is 0 Å². The van der Waals surface area contributed by atoms with Crippen molar-refractivity contribution in [2.75, 3.05) is 26.3 Å². The Bertz CT molecular complexity index is 1270. The lowest BCUT2D eigenvalue weighted by Gasteiger charge is -2.36. The molecule has 1 aliphatic heterocycles. The average Bonchev–Trinajstić information content (AvgIpc) is 3.30. The van der Waals surface area contributed by atoms with Crippen LogP contribution in [-0.2, 0) is 17.3 Å². The number of aromatic nitrogens is 3. The third kappa shape index (κ3) is 5.67. The number of Topliss-reactive ketones (excluding diaryl/α,β-unsaturated/α-hetero) is 1. The second kappa shape index (κ2) is 10.6. The van der Waals surface area contributed by atoms with Gasteiger partial charge < -0.3 is 4.74 Å². The molecule has 6 nitrogen and oxygen atoms in total. The minimum Gasteiger partial charge on any atom is -0.379 e. The van der Waals surface area contributed by atoms with Gasteiger partial charge in [-0.05, 0) is 67.7 Å². The van der Waals surface area contributed by atoms with E-state index in [0.29, 0.717) is 23.0 Å². The van der Waals surface area contributed by atoms with Crippen molar-refractivity contribution >= 4 is 11.4 Å². The fourth-order valence-electron chi connectivity index (χ4n) is 5.06. The van der Waals surface area contributed by atoms with Gasteiger partial charge in [0.25, 0.3) is 0 Å². The number of hydrogen-bond acceptors (Lipinski definition) is 5. The Balaban J connectivity index is 1.22. The molecule has 3 aromatic rings. The third-order valence-electron chi connectivity index (χ3n) is 7.21. The van der Waals surface area contributed by atoms with E-state index in [4.69, 9.17) is 4.74 Å². The average molecular weight is 511 g/mol. The van der Waals surface area contributed by atoms with E-state index in [1.54, 1.807) is 13.1 Å². The second-order valence-corrected chi connectivity index (χ2v) is 9.56. The molecule has 2 aliphatic rings. The Kier molecular flexibility index (Phi) is 7.26. The number of rotatable bonds is 6. The largest absolute Gasteiger partial charge is 0.416 e. The van der Waals surface area contributed by atoms with Crippen LogP contribution < -0.4 is 0 Å². The summed E-state index contributed by atoms with van der Waals surface area (Å²) >= 11 is 0. The molecule has 1 aromatic carbocycles. The first-order chi connectivity index (χ1) is 17.8. The Morgan fingerprint density at radius 1 is 1.08 bits per heavy atom. The number of ketones is 1. The van der Waals surface area contributed by atoms with Gasteiger partial charge in [0.05, 0.1) is 47.6 Å². The summed E-state index contributed by atoms with van der Waals surface area (Å²) in [4.78, 5) is 20.1. The highest BCUT2D eigenvalue weighted by Gasteiger charge is 2.30. The Labute approximate surface area is 213 Å². The molecule has 0 amide bonds. The Hall–Kier alpha value is -3.30. The van der Waals surface area contributed by atoms with Gasteiger partial charge in [0.2, 0.25) is 0 Å². The van der Waals surface area contributed by atoms with E-state index in [9.17, 15) is 18.0 Å². The number of carbonyl (C=O) groups excluding carboxylic acids is 1. The molecule has 0 spiro atoms. The van der Waals surface area contributed by atoms with E-state index in [-0.39, 0.29) is 12.2 Å². The summed E-state index contributed by atoms with van der Waals surface area (Å²) in [6.07, 6.45) is 4.37. The maximum atomic E-state index is 13.0. The molecule has 1 saturated heterocycles. The van der Waals surface area contributed by atoms with E-state index in [0.717, 1.165) is 69.0 Å². The summed E-state index contributed by atoms with van der Waals surface area (Å²) in [5, 5.41) is 4.24. The summed E-state index contributed by atoms with van der Waals surface area (Å²) in [5.41, 5.74) is 3.75. The summed E-state index contributed by atoms with van der Waals surface area (Å²) in [7, 11) is 0. The molecule has 3 heterocycles. The molecule has 0 radical (unpaired) electrons. The number of allylic oxidation sites excluding steroid dienone is 1. The van der Waals surface area contributed by atoms with Crippen LogP contribution in [0.5, 0.6) is 0 Å². The quantitative estimate of drug-likeness (QED) is 0.422. The molecule has 9 heteroatoms. The normalized spacial score (nSPS) is 19.0. The van der Waals surface area contributed by atoms with Crippen molar-refractivity contribution in [3.63, 3.8) is 0 Å². The topological polar surface area (TPSA) is 60.3 Å². The second-order valence-electron chi connectivity index (χ2n) is 9.56. The van der Waals surface area contributed by atoms with Crippen molar-refractivity contribution in [1.82, 2.24) is 19.7 Å². The molecule has 0 N–H and O–H groups in total.